The van der Waals surface area contributed by atoms with Crippen LogP contribution in [0.15, 0.2) is 0 Å². The lowest BCUT2D eigenvalue weighted by Gasteiger charge is -2.23. The van der Waals surface area contributed by atoms with Crippen molar-refractivity contribution in [3.05, 3.63) is 0 Å². The summed E-state index contributed by atoms with van der Waals surface area (Å²) < 4.78 is 73.9. The van der Waals surface area contributed by atoms with Crippen molar-refractivity contribution in [2.45, 2.75) is 52.1 Å². The summed E-state index contributed by atoms with van der Waals surface area (Å²) in [4.78, 5) is 48.6. The van der Waals surface area contributed by atoms with Gasteiger partial charge in [-0.2, -0.15) is 13.2 Å². The molecule has 0 aliphatic rings. The fraction of sp³-hybridized carbons (Fsp3) is 0.862. The highest BCUT2D eigenvalue weighted by atomic mass is 19.4. The van der Waals surface area contributed by atoms with Crippen LogP contribution in [0.1, 0.15) is 46.0 Å². The molecule has 0 spiro atoms. The van der Waals surface area contributed by atoms with Gasteiger partial charge in [0, 0.05) is 45.6 Å². The van der Waals surface area contributed by atoms with Crippen LogP contribution in [0.5, 0.6) is 0 Å². The Labute approximate surface area is 269 Å². The van der Waals surface area contributed by atoms with Crippen LogP contribution >= 0.6 is 0 Å². The summed E-state index contributed by atoms with van der Waals surface area (Å²) in [5.74, 6) is -3.22. The van der Waals surface area contributed by atoms with Crippen molar-refractivity contribution >= 4 is 23.7 Å². The molecule has 0 aromatic rings. The van der Waals surface area contributed by atoms with Crippen LogP contribution < -0.4 is 10.6 Å². The van der Waals surface area contributed by atoms with E-state index in [1.54, 1.807) is 12.2 Å². The number of ether oxygens (including phenoxy) is 7. The van der Waals surface area contributed by atoms with Crippen molar-refractivity contribution in [1.29, 1.82) is 0 Å². The Kier molecular flexibility index (Phi) is 28.1. The molecule has 0 radical (unpaired) electrons. The number of carbonyl (C=O) groups excluding carboxylic acids is 4. The highest BCUT2D eigenvalue weighted by molar-refractivity contribution is 5.82. The smallest absolute Gasteiger partial charge is 0.466 e. The van der Waals surface area contributed by atoms with Crippen molar-refractivity contribution in [3.8, 4) is 0 Å². The first-order valence-corrected chi connectivity index (χ1v) is 15.6. The minimum atomic E-state index is -4.99. The number of halogens is 3. The number of hydrogen-bond acceptors (Lipinski definition) is 11. The van der Waals surface area contributed by atoms with Crippen molar-refractivity contribution in [2.24, 2.45) is 0 Å². The van der Waals surface area contributed by atoms with Crippen molar-refractivity contribution in [3.63, 3.8) is 0 Å². The van der Waals surface area contributed by atoms with Crippen molar-refractivity contribution in [1.82, 2.24) is 15.5 Å². The predicted octanol–water partition coefficient (Wildman–Crippen LogP) is 1.24. The molecule has 0 fully saturated rings. The van der Waals surface area contributed by atoms with Crippen LogP contribution in [0.4, 0.5) is 13.2 Å². The van der Waals surface area contributed by atoms with Crippen LogP contribution in [-0.2, 0) is 52.3 Å². The SMILES string of the molecule is CCOCCOCCOCCOCCOCCOCCC(=O)NCCCN(CCCNC(=O)C(F)(F)F)C(=O)CCC(=O)OCC. The van der Waals surface area contributed by atoms with Gasteiger partial charge in [-0.15, -0.1) is 0 Å². The average molecular weight is 676 g/mol. The van der Waals surface area contributed by atoms with Gasteiger partial charge in [0.2, 0.25) is 11.8 Å². The molecule has 0 aliphatic heterocycles. The molecule has 0 atom stereocenters. The van der Waals surface area contributed by atoms with E-state index in [1.165, 1.54) is 4.90 Å². The molecule has 0 aromatic heterocycles. The molecule has 17 heteroatoms. The van der Waals surface area contributed by atoms with Crippen molar-refractivity contribution in [2.75, 3.05) is 112 Å². The van der Waals surface area contributed by atoms with Gasteiger partial charge in [0.1, 0.15) is 0 Å². The third kappa shape index (κ3) is 27.7. The molecule has 14 nitrogen and oxygen atoms in total. The summed E-state index contributed by atoms with van der Waals surface area (Å²) in [6.07, 6.45) is -4.67. The number of hydrogen-bond donors (Lipinski definition) is 2. The fourth-order valence-corrected chi connectivity index (χ4v) is 3.53. The van der Waals surface area contributed by atoms with E-state index in [9.17, 15) is 32.3 Å². The Balaban J connectivity index is 3.93. The standard InChI is InChI=1S/C29H52F3N3O11/c1-3-40-15-16-42-19-20-44-23-24-45-22-21-43-18-17-41-14-9-25(36)33-10-5-12-35(26(37)7-8-27(38)46-4-2)13-6-11-34-28(39)29(30,31)32/h3-24H2,1-2H3,(H,33,36)(H,34,39). The van der Waals surface area contributed by atoms with Gasteiger partial charge in [-0.25, -0.2) is 0 Å². The van der Waals surface area contributed by atoms with E-state index < -0.39 is 18.1 Å². The molecule has 0 aliphatic carbocycles. The molecule has 270 valence electrons. The number of nitrogens with one attached hydrogen (secondary N) is 2. The van der Waals surface area contributed by atoms with E-state index in [0.29, 0.717) is 79.1 Å². The van der Waals surface area contributed by atoms with Gasteiger partial charge in [-0.1, -0.05) is 0 Å². The fourth-order valence-electron chi connectivity index (χ4n) is 3.53. The van der Waals surface area contributed by atoms with E-state index in [2.05, 4.69) is 5.32 Å². The lowest BCUT2D eigenvalue weighted by atomic mass is 10.2. The summed E-state index contributed by atoms with van der Waals surface area (Å²) in [5, 5.41) is 4.47. The summed E-state index contributed by atoms with van der Waals surface area (Å²) in [7, 11) is 0. The van der Waals surface area contributed by atoms with Crippen LogP contribution in [0.2, 0.25) is 0 Å². The lowest BCUT2D eigenvalue weighted by molar-refractivity contribution is -0.173. The first-order valence-electron chi connectivity index (χ1n) is 15.6. The Morgan fingerprint density at radius 3 is 1.50 bits per heavy atom. The maximum absolute atomic E-state index is 12.6. The zero-order valence-electron chi connectivity index (χ0n) is 27.1. The van der Waals surface area contributed by atoms with Crippen LogP contribution in [0.3, 0.4) is 0 Å². The van der Waals surface area contributed by atoms with Gasteiger partial charge >= 0.3 is 18.1 Å². The Hall–Kier alpha value is -2.57. The van der Waals surface area contributed by atoms with Gasteiger partial charge in [-0.3, -0.25) is 19.2 Å². The average Bonchev–Trinajstić information content (AvgIpc) is 3.01. The Morgan fingerprint density at radius 1 is 0.587 bits per heavy atom. The second kappa shape index (κ2) is 29.8. The molecule has 0 rings (SSSR count). The van der Waals surface area contributed by atoms with Crippen LogP contribution in [0.25, 0.3) is 0 Å². The zero-order valence-corrected chi connectivity index (χ0v) is 27.1. The van der Waals surface area contributed by atoms with Crippen LogP contribution in [0, 0.1) is 0 Å². The zero-order chi connectivity index (χ0) is 34.3. The molecule has 46 heavy (non-hydrogen) atoms. The van der Waals surface area contributed by atoms with E-state index in [1.807, 2.05) is 6.92 Å². The first kappa shape index (κ1) is 43.4. The Bertz CT molecular complexity index is 808. The van der Waals surface area contributed by atoms with E-state index in [4.69, 9.17) is 33.2 Å². The molecule has 0 bridgehead atoms. The second-order valence-electron chi connectivity index (χ2n) is 9.51. The highest BCUT2D eigenvalue weighted by Gasteiger charge is 2.38. The number of rotatable bonds is 31. The minimum absolute atomic E-state index is 0.0656. The molecule has 0 heterocycles. The number of amides is 3. The van der Waals surface area contributed by atoms with E-state index >= 15 is 0 Å². The summed E-state index contributed by atoms with van der Waals surface area (Å²) in [6.45, 7) is 9.34. The largest absolute Gasteiger partial charge is 0.471 e. The second-order valence-corrected chi connectivity index (χ2v) is 9.51. The first-order chi connectivity index (χ1) is 22.1. The van der Waals surface area contributed by atoms with Gasteiger partial charge in [0.25, 0.3) is 0 Å². The molecule has 3 amide bonds. The van der Waals surface area contributed by atoms with Gasteiger partial charge < -0.3 is 48.7 Å². The van der Waals surface area contributed by atoms with Crippen molar-refractivity contribution < 1.29 is 65.5 Å². The number of carbonyl (C=O) groups is 4. The summed E-state index contributed by atoms with van der Waals surface area (Å²) in [5.41, 5.74) is 0. The molecule has 0 saturated carbocycles. The van der Waals surface area contributed by atoms with Gasteiger partial charge in [-0.05, 0) is 26.7 Å². The van der Waals surface area contributed by atoms with E-state index in [0.717, 1.165) is 0 Å². The molecule has 0 saturated heterocycles. The maximum Gasteiger partial charge on any atom is 0.471 e. The third-order valence-electron chi connectivity index (χ3n) is 5.81. The quantitative estimate of drug-likeness (QED) is 0.0804. The number of alkyl halides is 3. The number of esters is 1. The molecule has 0 aromatic carbocycles. The number of nitrogens with zero attached hydrogens (tertiary/aromatic N) is 1. The minimum Gasteiger partial charge on any atom is -0.466 e. The molecular formula is C29H52F3N3O11. The Morgan fingerprint density at radius 2 is 1.04 bits per heavy atom. The van der Waals surface area contributed by atoms with Crippen LogP contribution in [-0.4, -0.2) is 147 Å². The summed E-state index contributed by atoms with van der Waals surface area (Å²) in [6, 6.07) is 0. The topological polar surface area (TPSA) is 160 Å². The predicted molar refractivity (Wildman–Crippen MR) is 159 cm³/mol. The summed E-state index contributed by atoms with van der Waals surface area (Å²) >= 11 is 0. The monoisotopic (exact) mass is 675 g/mol. The van der Waals surface area contributed by atoms with Gasteiger partial charge in [0.05, 0.1) is 85.7 Å². The normalized spacial score (nSPS) is 11.3. The molecule has 2 N–H and O–H groups in total. The van der Waals surface area contributed by atoms with E-state index in [-0.39, 0.29) is 76.9 Å². The third-order valence-corrected chi connectivity index (χ3v) is 5.81. The molecule has 0 unspecified atom stereocenters. The maximum atomic E-state index is 12.6. The molecular weight excluding hydrogens is 623 g/mol. The highest BCUT2D eigenvalue weighted by Crippen LogP contribution is 2.14. The van der Waals surface area contributed by atoms with Gasteiger partial charge in [0.15, 0.2) is 0 Å². The lowest BCUT2D eigenvalue weighted by Crippen LogP contribution is -2.40.